The molecule has 2 aromatic carbocycles. The minimum absolute atomic E-state index is 0.00384. The van der Waals surface area contributed by atoms with Crippen LogP contribution in [-0.4, -0.2) is 40.1 Å². The molecule has 0 aliphatic carbocycles. The van der Waals surface area contributed by atoms with Crippen molar-refractivity contribution in [2.24, 2.45) is 0 Å². The number of halogens is 2. The molecule has 12 heteroatoms. The summed E-state index contributed by atoms with van der Waals surface area (Å²) in [7, 11) is 1.19. The molecule has 1 saturated heterocycles. The number of benzene rings is 2. The molecule has 0 saturated carbocycles. The van der Waals surface area contributed by atoms with Crippen molar-refractivity contribution in [1.29, 1.82) is 0 Å². The van der Waals surface area contributed by atoms with Crippen LogP contribution in [0.15, 0.2) is 50.2 Å². The minimum Gasteiger partial charge on any atom is -0.487 e. The number of imide groups is 1. The predicted molar refractivity (Wildman–Crippen MR) is 129 cm³/mol. The van der Waals surface area contributed by atoms with Gasteiger partial charge in [0.1, 0.15) is 18.4 Å². The second-order valence-corrected chi connectivity index (χ2v) is 9.48. The summed E-state index contributed by atoms with van der Waals surface area (Å²) in [5.74, 6) is -0.759. The van der Waals surface area contributed by atoms with Crippen LogP contribution in [0.1, 0.15) is 18.1 Å². The number of carbonyl (C=O) groups is 3. The van der Waals surface area contributed by atoms with E-state index >= 15 is 0 Å². The maximum absolute atomic E-state index is 12.7. The van der Waals surface area contributed by atoms with Gasteiger partial charge >= 0.3 is 5.97 Å². The Morgan fingerprint density at radius 2 is 1.82 bits per heavy atom. The zero-order valence-electron chi connectivity index (χ0n) is 17.2. The third kappa shape index (κ3) is 5.63. The number of rotatable bonds is 7. The molecule has 1 atom stereocenters. The van der Waals surface area contributed by atoms with Gasteiger partial charge < -0.3 is 9.47 Å². The highest BCUT2D eigenvalue weighted by molar-refractivity contribution is 9.11. The molecule has 1 aliphatic rings. The fourth-order valence-electron chi connectivity index (χ4n) is 2.91. The molecule has 0 bridgehead atoms. The lowest BCUT2D eigenvalue weighted by molar-refractivity contribution is -0.384. The number of nitrogens with zero attached hydrogens (tertiary/aromatic N) is 2. The number of non-ortho nitro benzene ring substituents is 1. The van der Waals surface area contributed by atoms with Gasteiger partial charge in [-0.25, -0.2) is 4.79 Å². The summed E-state index contributed by atoms with van der Waals surface area (Å²) in [6.45, 7) is 1.61. The summed E-state index contributed by atoms with van der Waals surface area (Å²) >= 11 is 7.62. The molecule has 2 amide bonds. The molecule has 172 valence electrons. The Morgan fingerprint density at radius 1 is 1.21 bits per heavy atom. The van der Waals surface area contributed by atoms with Crippen molar-refractivity contribution in [2.75, 3.05) is 7.11 Å². The molecule has 33 heavy (non-hydrogen) atoms. The third-order valence-electron chi connectivity index (χ3n) is 4.60. The second-order valence-electron chi connectivity index (χ2n) is 6.78. The van der Waals surface area contributed by atoms with Crippen LogP contribution >= 0.6 is 43.6 Å². The van der Waals surface area contributed by atoms with Gasteiger partial charge in [-0.05, 0) is 92.0 Å². The molecule has 1 aliphatic heterocycles. The highest BCUT2D eigenvalue weighted by Gasteiger charge is 2.41. The Hall–Kier alpha value is -2.70. The summed E-state index contributed by atoms with van der Waals surface area (Å²) in [6.07, 6.45) is 1.55. The first kappa shape index (κ1) is 24.9. The molecular formula is C21H16Br2N2O7S. The molecule has 0 aromatic heterocycles. The van der Waals surface area contributed by atoms with Gasteiger partial charge in [0.15, 0.2) is 0 Å². The normalized spacial score (nSPS) is 15.6. The fraction of sp³-hybridized carbons (Fsp3) is 0.190. The van der Waals surface area contributed by atoms with E-state index < -0.39 is 28.1 Å². The van der Waals surface area contributed by atoms with Crippen LogP contribution in [0.2, 0.25) is 0 Å². The zero-order valence-corrected chi connectivity index (χ0v) is 21.2. The van der Waals surface area contributed by atoms with E-state index in [1.54, 1.807) is 30.3 Å². The van der Waals surface area contributed by atoms with Crippen LogP contribution in [0, 0.1) is 10.1 Å². The van der Waals surface area contributed by atoms with E-state index in [0.29, 0.717) is 20.3 Å². The largest absolute Gasteiger partial charge is 0.487 e. The highest BCUT2D eigenvalue weighted by atomic mass is 79.9. The number of nitro benzene ring substituents is 1. The molecule has 0 spiro atoms. The Balaban J connectivity index is 1.76. The summed E-state index contributed by atoms with van der Waals surface area (Å²) < 4.78 is 11.6. The average molecular weight is 600 g/mol. The fourth-order valence-corrected chi connectivity index (χ4v) is 5.27. The first-order chi connectivity index (χ1) is 15.6. The standard InChI is InChI=1S/C21H16Br2N2O7S/c1-11(20(27)31-2)24-19(26)17(33-21(24)28)9-13-7-15(22)18(16(23)8-13)32-10-12-3-5-14(6-4-12)25(29)30/h3-9,11H,10H2,1-2H3/b17-9+/t11-/m1/s1. The lowest BCUT2D eigenvalue weighted by Gasteiger charge is -2.18. The molecule has 0 N–H and O–H groups in total. The van der Waals surface area contributed by atoms with Gasteiger partial charge in [0, 0.05) is 12.1 Å². The van der Waals surface area contributed by atoms with Crippen molar-refractivity contribution in [1.82, 2.24) is 4.90 Å². The Morgan fingerprint density at radius 3 is 2.36 bits per heavy atom. The van der Waals surface area contributed by atoms with Gasteiger partial charge in [0.2, 0.25) is 0 Å². The molecule has 1 fully saturated rings. The summed E-state index contributed by atoms with van der Waals surface area (Å²) in [5.41, 5.74) is 1.36. The molecule has 1 heterocycles. The van der Waals surface area contributed by atoms with Crippen molar-refractivity contribution in [3.05, 3.63) is 71.5 Å². The zero-order chi connectivity index (χ0) is 24.3. The number of hydrogen-bond acceptors (Lipinski definition) is 8. The molecular weight excluding hydrogens is 584 g/mol. The predicted octanol–water partition coefficient (Wildman–Crippen LogP) is 5.30. The molecule has 0 radical (unpaired) electrons. The van der Waals surface area contributed by atoms with Gasteiger partial charge in [-0.1, -0.05) is 0 Å². The van der Waals surface area contributed by atoms with Gasteiger partial charge in [0.25, 0.3) is 16.8 Å². The van der Waals surface area contributed by atoms with Gasteiger partial charge in [0.05, 0.1) is 25.9 Å². The highest BCUT2D eigenvalue weighted by Crippen LogP contribution is 2.38. The van der Waals surface area contributed by atoms with Crippen molar-refractivity contribution in [3.8, 4) is 5.75 Å². The number of ether oxygens (including phenoxy) is 2. The summed E-state index contributed by atoms with van der Waals surface area (Å²) in [4.78, 5) is 48.0. The van der Waals surface area contributed by atoms with Crippen LogP contribution in [-0.2, 0) is 20.9 Å². The number of hydrogen-bond donors (Lipinski definition) is 0. The van der Waals surface area contributed by atoms with E-state index in [0.717, 1.165) is 22.2 Å². The average Bonchev–Trinajstić information content (AvgIpc) is 3.05. The molecule has 0 unspecified atom stereocenters. The topological polar surface area (TPSA) is 116 Å². The Kier molecular flexibility index (Phi) is 7.92. The number of methoxy groups -OCH3 is 1. The number of esters is 1. The monoisotopic (exact) mass is 598 g/mol. The SMILES string of the molecule is COC(=O)[C@@H](C)N1C(=O)S/C(=C/c2cc(Br)c(OCc3ccc([N+](=O)[O-])cc3)c(Br)c2)C1=O. The van der Waals surface area contributed by atoms with E-state index in [4.69, 9.17) is 4.74 Å². The van der Waals surface area contributed by atoms with E-state index in [2.05, 4.69) is 36.6 Å². The van der Waals surface area contributed by atoms with Crippen LogP contribution in [0.5, 0.6) is 5.75 Å². The molecule has 2 aromatic rings. The molecule has 9 nitrogen and oxygen atoms in total. The van der Waals surface area contributed by atoms with E-state index in [-0.39, 0.29) is 17.2 Å². The summed E-state index contributed by atoms with van der Waals surface area (Å²) in [5, 5.41) is 10.2. The maximum Gasteiger partial charge on any atom is 0.328 e. The lowest BCUT2D eigenvalue weighted by atomic mass is 10.2. The van der Waals surface area contributed by atoms with Crippen LogP contribution in [0.4, 0.5) is 10.5 Å². The first-order valence-corrected chi connectivity index (χ1v) is 11.7. The second kappa shape index (κ2) is 10.5. The number of thioether (sulfide) groups is 1. The van der Waals surface area contributed by atoms with E-state index in [1.807, 2.05) is 0 Å². The van der Waals surface area contributed by atoms with Gasteiger partial charge in [-0.2, -0.15) is 0 Å². The number of nitro groups is 1. The smallest absolute Gasteiger partial charge is 0.328 e. The van der Waals surface area contributed by atoms with E-state index in [9.17, 15) is 24.5 Å². The van der Waals surface area contributed by atoms with Crippen molar-refractivity contribution in [3.63, 3.8) is 0 Å². The number of carbonyl (C=O) groups excluding carboxylic acids is 3. The van der Waals surface area contributed by atoms with Gasteiger partial charge in [-0.15, -0.1) is 0 Å². The van der Waals surface area contributed by atoms with Crippen LogP contribution in [0.25, 0.3) is 6.08 Å². The first-order valence-electron chi connectivity index (χ1n) is 9.32. The van der Waals surface area contributed by atoms with Crippen molar-refractivity contribution >= 4 is 72.5 Å². The Bertz CT molecular complexity index is 1140. The van der Waals surface area contributed by atoms with Crippen molar-refractivity contribution < 1.29 is 28.8 Å². The van der Waals surface area contributed by atoms with Crippen LogP contribution in [0.3, 0.4) is 0 Å². The van der Waals surface area contributed by atoms with Crippen molar-refractivity contribution in [2.45, 2.75) is 19.6 Å². The minimum atomic E-state index is -1.03. The number of amides is 2. The third-order valence-corrected chi connectivity index (χ3v) is 6.66. The van der Waals surface area contributed by atoms with Gasteiger partial charge in [-0.3, -0.25) is 24.6 Å². The molecule has 3 rings (SSSR count). The Labute approximate surface area is 209 Å². The maximum atomic E-state index is 12.7. The van der Waals surface area contributed by atoms with Crippen LogP contribution < -0.4 is 4.74 Å². The summed E-state index contributed by atoms with van der Waals surface area (Å²) in [6, 6.07) is 8.43. The quantitative estimate of drug-likeness (QED) is 0.182. The van der Waals surface area contributed by atoms with E-state index in [1.165, 1.54) is 26.2 Å². The lowest BCUT2D eigenvalue weighted by Crippen LogP contribution is -2.42.